The lowest BCUT2D eigenvalue weighted by atomic mass is 9.94. The van der Waals surface area contributed by atoms with E-state index < -0.39 is 35.9 Å². The van der Waals surface area contributed by atoms with E-state index in [4.69, 9.17) is 0 Å². The molecular formula is C29H22F6N2O2. The van der Waals surface area contributed by atoms with Gasteiger partial charge in [0, 0.05) is 25.4 Å². The SMILES string of the molecule is Cc1ccccc1-c1cc(-c2cccc(O)c2)ncc1C(=O)N(C)Cc1cc(C(F)(F)F)cc(C(F)(F)F)c1. The summed E-state index contributed by atoms with van der Waals surface area (Å²) < 4.78 is 79.8. The molecule has 0 radical (unpaired) electrons. The zero-order valence-electron chi connectivity index (χ0n) is 20.7. The standard InChI is InChI=1S/C29H22F6N2O2/c1-17-6-3-4-9-23(17)24-14-26(19-7-5-8-22(38)12-19)36-15-25(24)27(39)37(2)16-18-10-20(28(30,31)32)13-21(11-18)29(33,34)35/h3-15,38H,16H2,1-2H3. The highest BCUT2D eigenvalue weighted by Gasteiger charge is 2.37. The van der Waals surface area contributed by atoms with Crippen molar-refractivity contribution in [3.8, 4) is 28.1 Å². The monoisotopic (exact) mass is 544 g/mol. The van der Waals surface area contributed by atoms with Gasteiger partial charge in [0.2, 0.25) is 0 Å². The van der Waals surface area contributed by atoms with E-state index in [-0.39, 0.29) is 22.9 Å². The molecule has 10 heteroatoms. The van der Waals surface area contributed by atoms with Crippen LogP contribution in [0.1, 0.15) is 32.6 Å². The maximum absolute atomic E-state index is 13.5. The Hall–Kier alpha value is -4.34. The molecule has 4 nitrogen and oxygen atoms in total. The zero-order valence-corrected chi connectivity index (χ0v) is 20.7. The summed E-state index contributed by atoms with van der Waals surface area (Å²) in [5, 5.41) is 9.87. The maximum atomic E-state index is 13.5. The van der Waals surface area contributed by atoms with Crippen molar-refractivity contribution in [1.82, 2.24) is 9.88 Å². The molecule has 0 atom stereocenters. The minimum Gasteiger partial charge on any atom is -0.508 e. The fourth-order valence-electron chi connectivity index (χ4n) is 4.21. The van der Waals surface area contributed by atoms with Gasteiger partial charge in [0.05, 0.1) is 22.4 Å². The van der Waals surface area contributed by atoms with Gasteiger partial charge in [-0.1, -0.05) is 36.4 Å². The highest BCUT2D eigenvalue weighted by Crippen LogP contribution is 2.37. The number of carbonyl (C=O) groups excluding carboxylic acids is 1. The average molecular weight is 544 g/mol. The van der Waals surface area contributed by atoms with Crippen LogP contribution in [-0.2, 0) is 18.9 Å². The molecule has 1 heterocycles. The number of hydrogen-bond acceptors (Lipinski definition) is 3. The summed E-state index contributed by atoms with van der Waals surface area (Å²) >= 11 is 0. The molecule has 0 bridgehead atoms. The first-order chi connectivity index (χ1) is 18.2. The molecule has 1 amide bonds. The van der Waals surface area contributed by atoms with E-state index in [2.05, 4.69) is 4.98 Å². The van der Waals surface area contributed by atoms with Crippen LogP contribution in [0.4, 0.5) is 26.3 Å². The van der Waals surface area contributed by atoms with Crippen LogP contribution >= 0.6 is 0 Å². The second-order valence-corrected chi connectivity index (χ2v) is 9.06. The molecule has 0 aliphatic carbocycles. The molecule has 1 N–H and O–H groups in total. The number of benzene rings is 3. The molecule has 0 unspecified atom stereocenters. The van der Waals surface area contributed by atoms with Crippen LogP contribution in [0.5, 0.6) is 5.75 Å². The van der Waals surface area contributed by atoms with Crippen LogP contribution in [0.3, 0.4) is 0 Å². The summed E-state index contributed by atoms with van der Waals surface area (Å²) in [6.45, 7) is 1.33. The Bertz CT molecular complexity index is 1500. The van der Waals surface area contributed by atoms with E-state index in [0.29, 0.717) is 34.5 Å². The highest BCUT2D eigenvalue weighted by atomic mass is 19.4. The summed E-state index contributed by atoms with van der Waals surface area (Å²) in [5.41, 5.74) is -0.0908. The zero-order chi connectivity index (χ0) is 28.5. The van der Waals surface area contributed by atoms with Crippen molar-refractivity contribution in [2.75, 3.05) is 7.05 Å². The van der Waals surface area contributed by atoms with Crippen LogP contribution < -0.4 is 0 Å². The predicted octanol–water partition coefficient (Wildman–Crippen LogP) is 7.74. The first-order valence-corrected chi connectivity index (χ1v) is 11.6. The number of amides is 1. The van der Waals surface area contributed by atoms with Gasteiger partial charge in [-0.2, -0.15) is 26.3 Å². The topological polar surface area (TPSA) is 53.4 Å². The lowest BCUT2D eigenvalue weighted by molar-refractivity contribution is -0.143. The van der Waals surface area contributed by atoms with Crippen molar-refractivity contribution in [3.05, 3.63) is 107 Å². The van der Waals surface area contributed by atoms with Gasteiger partial charge in [0.1, 0.15) is 5.75 Å². The number of phenols is 1. The van der Waals surface area contributed by atoms with Crippen LogP contribution in [0.25, 0.3) is 22.4 Å². The van der Waals surface area contributed by atoms with Crippen LogP contribution in [-0.4, -0.2) is 27.9 Å². The fraction of sp³-hybridized carbons (Fsp3) is 0.172. The molecular weight excluding hydrogens is 522 g/mol. The first kappa shape index (κ1) is 27.7. The van der Waals surface area contributed by atoms with Crippen molar-refractivity contribution in [2.24, 2.45) is 0 Å². The molecule has 0 fully saturated rings. The third-order valence-electron chi connectivity index (χ3n) is 6.13. The number of halogens is 6. The van der Waals surface area contributed by atoms with Gasteiger partial charge in [0.25, 0.3) is 5.91 Å². The van der Waals surface area contributed by atoms with Crippen LogP contribution in [0.15, 0.2) is 79.0 Å². The third kappa shape index (κ3) is 6.22. The van der Waals surface area contributed by atoms with E-state index in [1.807, 2.05) is 19.1 Å². The van der Waals surface area contributed by atoms with Gasteiger partial charge in [0.15, 0.2) is 0 Å². The normalized spacial score (nSPS) is 11.9. The second kappa shape index (κ2) is 10.4. The molecule has 0 saturated heterocycles. The van der Waals surface area contributed by atoms with Crippen molar-refractivity contribution in [1.29, 1.82) is 0 Å². The van der Waals surface area contributed by atoms with Gasteiger partial charge >= 0.3 is 12.4 Å². The Morgan fingerprint density at radius 2 is 1.49 bits per heavy atom. The number of phenolic OH excluding ortho intramolecular Hbond substituents is 1. The van der Waals surface area contributed by atoms with Crippen LogP contribution in [0.2, 0.25) is 0 Å². The number of carbonyl (C=O) groups is 1. The highest BCUT2D eigenvalue weighted by molar-refractivity contribution is 6.01. The van der Waals surface area contributed by atoms with Crippen molar-refractivity contribution in [2.45, 2.75) is 25.8 Å². The summed E-state index contributed by atoms with van der Waals surface area (Å²) in [7, 11) is 1.29. The quantitative estimate of drug-likeness (QED) is 0.262. The molecule has 4 rings (SSSR count). The van der Waals surface area contributed by atoms with Crippen molar-refractivity contribution in [3.63, 3.8) is 0 Å². The third-order valence-corrected chi connectivity index (χ3v) is 6.13. The van der Waals surface area contributed by atoms with Gasteiger partial charge < -0.3 is 10.0 Å². The Labute approximate surface area is 220 Å². The molecule has 4 aromatic rings. The minimum absolute atomic E-state index is 0.0194. The van der Waals surface area contributed by atoms with Crippen LogP contribution in [0, 0.1) is 6.92 Å². The molecule has 1 aromatic heterocycles. The molecule has 0 aliphatic rings. The molecule has 0 saturated carbocycles. The number of aryl methyl sites for hydroxylation is 1. The summed E-state index contributed by atoms with van der Waals surface area (Å²) in [5.74, 6) is -0.625. The summed E-state index contributed by atoms with van der Waals surface area (Å²) in [6, 6.07) is 16.5. The predicted molar refractivity (Wildman–Crippen MR) is 134 cm³/mol. The van der Waals surface area contributed by atoms with E-state index in [1.165, 1.54) is 25.4 Å². The fourth-order valence-corrected chi connectivity index (χ4v) is 4.21. The second-order valence-electron chi connectivity index (χ2n) is 9.06. The van der Waals surface area contributed by atoms with Gasteiger partial charge in [-0.15, -0.1) is 0 Å². The number of rotatable bonds is 5. The minimum atomic E-state index is -5.00. The molecule has 0 spiro atoms. The number of pyridine rings is 1. The van der Waals surface area contributed by atoms with E-state index in [9.17, 15) is 36.2 Å². The largest absolute Gasteiger partial charge is 0.508 e. The van der Waals surface area contributed by atoms with Gasteiger partial charge in [-0.05, 0) is 65.6 Å². The van der Waals surface area contributed by atoms with Gasteiger partial charge in [-0.25, -0.2) is 0 Å². The number of alkyl halides is 6. The number of aromatic hydroxyl groups is 1. The number of nitrogens with zero attached hydrogens (tertiary/aromatic N) is 2. The first-order valence-electron chi connectivity index (χ1n) is 11.6. The van der Waals surface area contributed by atoms with E-state index >= 15 is 0 Å². The molecule has 202 valence electrons. The molecule has 0 aliphatic heterocycles. The van der Waals surface area contributed by atoms with E-state index in [1.54, 1.807) is 30.3 Å². The Morgan fingerprint density at radius 3 is 2.08 bits per heavy atom. The Balaban J connectivity index is 1.76. The molecule has 39 heavy (non-hydrogen) atoms. The smallest absolute Gasteiger partial charge is 0.416 e. The maximum Gasteiger partial charge on any atom is 0.416 e. The molecule has 3 aromatic carbocycles. The van der Waals surface area contributed by atoms with Crippen molar-refractivity contribution < 1.29 is 36.2 Å². The Morgan fingerprint density at radius 1 is 0.846 bits per heavy atom. The lowest BCUT2D eigenvalue weighted by Crippen LogP contribution is -2.27. The number of hydrogen-bond donors (Lipinski definition) is 1. The number of aromatic nitrogens is 1. The summed E-state index contributed by atoms with van der Waals surface area (Å²) in [4.78, 5) is 18.9. The lowest BCUT2D eigenvalue weighted by Gasteiger charge is -2.22. The van der Waals surface area contributed by atoms with E-state index in [0.717, 1.165) is 10.5 Å². The summed E-state index contributed by atoms with van der Waals surface area (Å²) in [6.07, 6.45) is -8.68. The van der Waals surface area contributed by atoms with Crippen molar-refractivity contribution >= 4 is 5.91 Å². The Kier molecular flexibility index (Phi) is 7.41. The average Bonchev–Trinajstić information content (AvgIpc) is 2.87. The van der Waals surface area contributed by atoms with Gasteiger partial charge in [-0.3, -0.25) is 9.78 Å².